The minimum atomic E-state index is -0.530. The van der Waals surface area contributed by atoms with Crippen molar-refractivity contribution in [1.29, 1.82) is 0 Å². The molecule has 210 valence electrons. The quantitative estimate of drug-likeness (QED) is 0.211. The van der Waals surface area contributed by atoms with Gasteiger partial charge < -0.3 is 24.5 Å². The smallest absolute Gasteiger partial charge is 0.415 e. The Morgan fingerprint density at radius 3 is 2.40 bits per heavy atom. The van der Waals surface area contributed by atoms with Crippen molar-refractivity contribution < 1.29 is 18.7 Å². The minimum Gasteiger partial charge on any atom is -0.493 e. The van der Waals surface area contributed by atoms with Crippen LogP contribution in [0.5, 0.6) is 11.7 Å². The fourth-order valence-corrected chi connectivity index (χ4v) is 5.23. The normalized spacial score (nSPS) is 14.3. The number of aryl methyl sites for hydroxylation is 1. The van der Waals surface area contributed by atoms with Crippen molar-refractivity contribution >= 4 is 17.1 Å². The Morgan fingerprint density at radius 1 is 0.925 bits per heavy atom. The summed E-state index contributed by atoms with van der Waals surface area (Å²) in [6, 6.07) is 27.0. The number of carbonyl (C=O) groups excluding carboxylic acids is 1. The van der Waals surface area contributed by atoms with Crippen molar-refractivity contribution in [1.82, 2.24) is 15.5 Å². The minimum absolute atomic E-state index is 0.198. The number of hydrogen-bond acceptors (Lipinski definition) is 6. The van der Waals surface area contributed by atoms with Gasteiger partial charge in [0.2, 0.25) is 0 Å². The fourth-order valence-electron chi connectivity index (χ4n) is 5.23. The maximum Gasteiger partial charge on any atom is 0.415 e. The maximum atomic E-state index is 12.4. The number of furan rings is 1. The standard InChI is InChI=1S/C33H39N3O4/c1-25-31-29(38-23-9-19-34-28-17-21-36(22-18-28)24-27-12-6-3-7-13-27)14-8-15-30(31)39-32(25)40-33(37)35-20-16-26-10-4-2-5-11-26/h2-8,10-15,28,34H,9,16-24H2,1H3,(H,35,37). The van der Waals surface area contributed by atoms with Crippen molar-refractivity contribution in [2.45, 2.75) is 45.2 Å². The zero-order chi connectivity index (χ0) is 27.6. The average Bonchev–Trinajstić information content (AvgIpc) is 3.30. The lowest BCUT2D eigenvalue weighted by atomic mass is 10.0. The van der Waals surface area contributed by atoms with E-state index in [4.69, 9.17) is 13.9 Å². The monoisotopic (exact) mass is 541 g/mol. The van der Waals surface area contributed by atoms with Crippen molar-refractivity contribution in [2.75, 3.05) is 32.8 Å². The number of benzene rings is 3. The highest BCUT2D eigenvalue weighted by Gasteiger charge is 2.20. The van der Waals surface area contributed by atoms with Crippen LogP contribution in [-0.2, 0) is 13.0 Å². The maximum absolute atomic E-state index is 12.4. The molecular formula is C33H39N3O4. The molecule has 1 saturated heterocycles. The van der Waals surface area contributed by atoms with Crippen molar-refractivity contribution in [3.63, 3.8) is 0 Å². The van der Waals surface area contributed by atoms with Crippen LogP contribution in [0.1, 0.15) is 36.0 Å². The van der Waals surface area contributed by atoms with Crippen LogP contribution in [0.15, 0.2) is 83.3 Å². The molecule has 1 amide bonds. The highest BCUT2D eigenvalue weighted by atomic mass is 16.6. The van der Waals surface area contributed by atoms with E-state index in [9.17, 15) is 4.79 Å². The SMILES string of the molecule is Cc1c(OC(=O)NCCc2ccccc2)oc2cccc(OCCCNC3CCN(Cc4ccccc4)CC3)c12. The van der Waals surface area contributed by atoms with Gasteiger partial charge in [-0.2, -0.15) is 0 Å². The van der Waals surface area contributed by atoms with Crippen molar-refractivity contribution in [2.24, 2.45) is 0 Å². The number of ether oxygens (including phenoxy) is 2. The molecule has 0 saturated carbocycles. The molecule has 7 heteroatoms. The van der Waals surface area contributed by atoms with Crippen LogP contribution >= 0.6 is 0 Å². The Hall–Kier alpha value is -3.81. The predicted octanol–water partition coefficient (Wildman–Crippen LogP) is 6.10. The molecule has 40 heavy (non-hydrogen) atoms. The topological polar surface area (TPSA) is 76.0 Å². The Kier molecular flexibility index (Phi) is 9.72. The number of hydrogen-bond donors (Lipinski definition) is 2. The molecule has 2 heterocycles. The number of carbonyl (C=O) groups is 1. The van der Waals surface area contributed by atoms with Gasteiger partial charge in [-0.25, -0.2) is 4.79 Å². The second-order valence-electron chi connectivity index (χ2n) is 10.4. The first kappa shape index (κ1) is 27.7. The van der Waals surface area contributed by atoms with Crippen molar-refractivity contribution in [3.05, 3.63) is 95.6 Å². The highest BCUT2D eigenvalue weighted by molar-refractivity contribution is 5.90. The first-order valence-electron chi connectivity index (χ1n) is 14.3. The van der Waals surface area contributed by atoms with E-state index < -0.39 is 6.09 Å². The van der Waals surface area contributed by atoms with Gasteiger partial charge in [-0.1, -0.05) is 66.7 Å². The molecule has 7 nitrogen and oxygen atoms in total. The highest BCUT2D eigenvalue weighted by Crippen LogP contribution is 2.37. The van der Waals surface area contributed by atoms with Gasteiger partial charge in [0.1, 0.15) is 11.3 Å². The Balaban J connectivity index is 1.03. The van der Waals surface area contributed by atoms with Gasteiger partial charge in [-0.05, 0) is 75.5 Å². The third kappa shape index (κ3) is 7.64. The largest absolute Gasteiger partial charge is 0.493 e. The molecule has 0 bridgehead atoms. The van der Waals surface area contributed by atoms with Gasteiger partial charge in [-0.15, -0.1) is 0 Å². The molecule has 1 aliphatic rings. The van der Waals surface area contributed by atoms with E-state index in [1.54, 1.807) is 0 Å². The number of piperidine rings is 1. The Labute approximate surface area is 236 Å². The zero-order valence-corrected chi connectivity index (χ0v) is 23.2. The summed E-state index contributed by atoms with van der Waals surface area (Å²) in [5, 5.41) is 7.34. The third-order valence-corrected chi connectivity index (χ3v) is 7.43. The molecule has 0 atom stereocenters. The van der Waals surface area contributed by atoms with Gasteiger partial charge in [0.25, 0.3) is 5.95 Å². The van der Waals surface area contributed by atoms with Crippen LogP contribution in [-0.4, -0.2) is 49.8 Å². The fraction of sp³-hybridized carbons (Fsp3) is 0.364. The van der Waals surface area contributed by atoms with Gasteiger partial charge in [0.05, 0.1) is 12.0 Å². The van der Waals surface area contributed by atoms with E-state index >= 15 is 0 Å². The van der Waals surface area contributed by atoms with E-state index in [0.717, 1.165) is 61.3 Å². The summed E-state index contributed by atoms with van der Waals surface area (Å²) in [5.74, 6) is 0.941. The number of rotatable bonds is 12. The molecule has 1 aliphatic heterocycles. The number of nitrogens with zero attached hydrogens (tertiary/aromatic N) is 1. The second-order valence-corrected chi connectivity index (χ2v) is 10.4. The lowest BCUT2D eigenvalue weighted by Crippen LogP contribution is -2.42. The molecule has 0 aliphatic carbocycles. The summed E-state index contributed by atoms with van der Waals surface area (Å²) >= 11 is 0. The van der Waals surface area contributed by atoms with E-state index in [1.807, 2.05) is 55.5 Å². The number of fused-ring (bicyclic) bond motifs is 1. The van der Waals surface area contributed by atoms with Crippen LogP contribution in [0.25, 0.3) is 11.0 Å². The van der Waals surface area contributed by atoms with Crippen LogP contribution in [0.4, 0.5) is 4.79 Å². The molecule has 0 unspecified atom stereocenters. The number of nitrogens with one attached hydrogen (secondary N) is 2. The zero-order valence-electron chi connectivity index (χ0n) is 23.2. The van der Waals surface area contributed by atoms with Gasteiger partial charge in [-0.3, -0.25) is 4.90 Å². The summed E-state index contributed by atoms with van der Waals surface area (Å²) in [4.78, 5) is 14.9. The van der Waals surface area contributed by atoms with E-state index in [-0.39, 0.29) is 5.95 Å². The van der Waals surface area contributed by atoms with Gasteiger partial charge >= 0.3 is 6.09 Å². The van der Waals surface area contributed by atoms with Gasteiger partial charge in [0, 0.05) is 24.7 Å². The summed E-state index contributed by atoms with van der Waals surface area (Å²) in [6.07, 6.45) is 3.45. The van der Waals surface area contributed by atoms with Crippen LogP contribution in [0, 0.1) is 6.92 Å². The number of likely N-dealkylation sites (tertiary alicyclic amines) is 1. The number of amides is 1. The van der Waals surface area contributed by atoms with Crippen molar-refractivity contribution in [3.8, 4) is 11.7 Å². The third-order valence-electron chi connectivity index (χ3n) is 7.43. The van der Waals surface area contributed by atoms with Crippen LogP contribution in [0.2, 0.25) is 0 Å². The first-order chi connectivity index (χ1) is 19.7. The molecule has 4 aromatic rings. The first-order valence-corrected chi connectivity index (χ1v) is 14.3. The average molecular weight is 542 g/mol. The lowest BCUT2D eigenvalue weighted by molar-refractivity contribution is 0.188. The predicted molar refractivity (Wildman–Crippen MR) is 158 cm³/mol. The Bertz CT molecular complexity index is 1350. The van der Waals surface area contributed by atoms with E-state index in [1.165, 1.54) is 18.4 Å². The van der Waals surface area contributed by atoms with Crippen LogP contribution in [0.3, 0.4) is 0 Å². The summed E-state index contributed by atoms with van der Waals surface area (Å²) in [5.41, 5.74) is 3.94. The van der Waals surface area contributed by atoms with E-state index in [0.29, 0.717) is 24.8 Å². The summed E-state index contributed by atoms with van der Waals surface area (Å²) in [6.45, 7) is 7.17. The molecule has 5 rings (SSSR count). The molecule has 1 aromatic heterocycles. The second kappa shape index (κ2) is 14.0. The molecule has 1 fully saturated rings. The summed E-state index contributed by atoms with van der Waals surface area (Å²) in [7, 11) is 0. The molecule has 0 spiro atoms. The molecular weight excluding hydrogens is 502 g/mol. The van der Waals surface area contributed by atoms with Crippen LogP contribution < -0.4 is 20.1 Å². The molecule has 2 N–H and O–H groups in total. The molecule has 3 aromatic carbocycles. The van der Waals surface area contributed by atoms with Gasteiger partial charge in [0.15, 0.2) is 0 Å². The summed E-state index contributed by atoms with van der Waals surface area (Å²) < 4.78 is 17.5. The molecule has 0 radical (unpaired) electrons. The van der Waals surface area contributed by atoms with E-state index in [2.05, 4.69) is 45.9 Å². The Morgan fingerprint density at radius 2 is 1.65 bits per heavy atom. The lowest BCUT2D eigenvalue weighted by Gasteiger charge is -2.32.